The number of carbonyl (C=O) groups is 4. The zero-order chi connectivity index (χ0) is 43.6. The second-order valence-corrected chi connectivity index (χ2v) is 17.4. The Labute approximate surface area is 369 Å². The summed E-state index contributed by atoms with van der Waals surface area (Å²) in [6, 6.07) is 29.5. The standard InChI is InChI=1S/C47H39BrClFN6O6/c1-54(2)32-16-12-29(13-17-32)51-52-30-14-18-33(19-15-30)55-43(58)35-21-20-34-36(40(35)45(55)60)24-38-44(59)56(53-31-10-8-28(50)9-11-31)46(61)47(38,25-4-6-27(49)7-5-25)41(34)37-22-26(48)23-39(62-3)42(37)57/h4-20,22-23,35-36,38,40-41,53,57H,21,24H2,1-3H3/t35-,36+,38-,40-,41+,47+/m0/s1. The van der Waals surface area contributed by atoms with Gasteiger partial charge in [-0.15, -0.1) is 0 Å². The van der Waals surface area contributed by atoms with Crippen molar-refractivity contribution in [2.24, 2.45) is 33.9 Å². The summed E-state index contributed by atoms with van der Waals surface area (Å²) in [6.45, 7) is 0. The number of nitrogens with one attached hydrogen (secondary N) is 1. The minimum absolute atomic E-state index is 0.0197. The number of allylic oxidation sites excluding steroid dienone is 2. The molecule has 5 aromatic carbocycles. The lowest BCUT2D eigenvalue weighted by Gasteiger charge is -2.50. The number of anilines is 3. The van der Waals surface area contributed by atoms with Crippen LogP contribution in [0.2, 0.25) is 5.02 Å². The molecule has 62 heavy (non-hydrogen) atoms. The molecule has 1 saturated carbocycles. The summed E-state index contributed by atoms with van der Waals surface area (Å²) in [4.78, 5) is 62.8. The molecule has 0 bridgehead atoms. The fourth-order valence-electron chi connectivity index (χ4n) is 9.83. The molecule has 0 radical (unpaired) electrons. The molecule has 6 atom stereocenters. The van der Waals surface area contributed by atoms with E-state index in [1.54, 1.807) is 60.7 Å². The second-order valence-electron chi connectivity index (χ2n) is 16.1. The molecule has 5 aromatic rings. The smallest absolute Gasteiger partial charge is 0.260 e. The van der Waals surface area contributed by atoms with Crippen LogP contribution in [0.1, 0.15) is 29.9 Å². The first kappa shape index (κ1) is 41.0. The van der Waals surface area contributed by atoms with Gasteiger partial charge in [0.15, 0.2) is 11.5 Å². The number of hydrazine groups is 1. The van der Waals surface area contributed by atoms with Gasteiger partial charge < -0.3 is 14.7 Å². The number of hydrogen-bond acceptors (Lipinski definition) is 10. The lowest BCUT2D eigenvalue weighted by molar-refractivity contribution is -0.138. The molecule has 2 heterocycles. The van der Waals surface area contributed by atoms with Crippen LogP contribution in [-0.2, 0) is 24.6 Å². The summed E-state index contributed by atoms with van der Waals surface area (Å²) in [5.41, 5.74) is 5.46. The Hall–Kier alpha value is -6.38. The van der Waals surface area contributed by atoms with Crippen LogP contribution in [0.5, 0.6) is 11.5 Å². The van der Waals surface area contributed by atoms with E-state index >= 15 is 4.79 Å². The number of fused-ring (bicyclic) bond motifs is 4. The van der Waals surface area contributed by atoms with E-state index in [9.17, 15) is 23.9 Å². The van der Waals surface area contributed by atoms with Crippen LogP contribution >= 0.6 is 27.5 Å². The summed E-state index contributed by atoms with van der Waals surface area (Å²) >= 11 is 9.97. The molecule has 3 fully saturated rings. The molecule has 0 unspecified atom stereocenters. The third kappa shape index (κ3) is 6.63. The van der Waals surface area contributed by atoms with E-state index in [4.69, 9.17) is 16.3 Å². The Morgan fingerprint density at radius 2 is 1.50 bits per heavy atom. The average molecular weight is 918 g/mol. The highest BCUT2D eigenvalue weighted by Crippen LogP contribution is 2.65. The van der Waals surface area contributed by atoms with Gasteiger partial charge in [-0.3, -0.25) is 29.5 Å². The highest BCUT2D eigenvalue weighted by molar-refractivity contribution is 9.10. The van der Waals surface area contributed by atoms with Gasteiger partial charge in [-0.05, 0) is 121 Å². The van der Waals surface area contributed by atoms with Crippen LogP contribution in [0, 0.1) is 29.5 Å². The molecular weight excluding hydrogens is 879 g/mol. The van der Waals surface area contributed by atoms with Gasteiger partial charge in [-0.25, -0.2) is 4.39 Å². The molecule has 2 aliphatic carbocycles. The summed E-state index contributed by atoms with van der Waals surface area (Å²) in [6.07, 6.45) is 2.08. The Kier molecular flexibility index (Phi) is 10.5. The first-order valence-corrected chi connectivity index (χ1v) is 21.1. The van der Waals surface area contributed by atoms with Gasteiger partial charge in [0.25, 0.3) is 11.8 Å². The summed E-state index contributed by atoms with van der Waals surface area (Å²) in [5.74, 6) is -7.16. The monoisotopic (exact) mass is 916 g/mol. The van der Waals surface area contributed by atoms with Gasteiger partial charge in [0.1, 0.15) is 5.82 Å². The number of rotatable bonds is 9. The van der Waals surface area contributed by atoms with Gasteiger partial charge in [-0.2, -0.15) is 15.2 Å². The van der Waals surface area contributed by atoms with E-state index in [-0.39, 0.29) is 41.5 Å². The molecule has 12 nitrogen and oxygen atoms in total. The zero-order valence-electron chi connectivity index (χ0n) is 33.6. The number of nitrogens with zero attached hydrogens (tertiary/aromatic N) is 5. The third-order valence-corrected chi connectivity index (χ3v) is 13.3. The number of aromatic hydroxyl groups is 1. The van der Waals surface area contributed by atoms with Crippen LogP contribution in [-0.4, -0.2) is 54.9 Å². The number of phenolic OH excluding ortho intramolecular Hbond substituents is 1. The normalized spacial score (nSPS) is 24.2. The molecule has 0 aromatic heterocycles. The van der Waals surface area contributed by atoms with Crippen LogP contribution in [0.3, 0.4) is 0 Å². The summed E-state index contributed by atoms with van der Waals surface area (Å²) < 4.78 is 20.1. The van der Waals surface area contributed by atoms with Crippen molar-refractivity contribution in [3.63, 3.8) is 0 Å². The Morgan fingerprint density at radius 1 is 0.855 bits per heavy atom. The average Bonchev–Trinajstić information content (AvgIpc) is 3.65. The number of benzene rings is 5. The van der Waals surface area contributed by atoms with Crippen LogP contribution < -0.4 is 20.0 Å². The van der Waals surface area contributed by atoms with E-state index < -0.39 is 58.5 Å². The first-order valence-electron chi connectivity index (χ1n) is 19.9. The van der Waals surface area contributed by atoms with Crippen molar-refractivity contribution in [3.05, 3.63) is 147 Å². The van der Waals surface area contributed by atoms with Crippen LogP contribution in [0.15, 0.2) is 136 Å². The topological polar surface area (TPSA) is 144 Å². The fraction of sp³-hybridized carbons (Fsp3) is 0.234. The molecule has 2 aliphatic heterocycles. The lowest BCUT2D eigenvalue weighted by atomic mass is 9.49. The number of halogens is 3. The van der Waals surface area contributed by atoms with Gasteiger partial charge in [-0.1, -0.05) is 51.3 Å². The third-order valence-electron chi connectivity index (χ3n) is 12.6. The molecule has 9 rings (SSSR count). The molecule has 314 valence electrons. The zero-order valence-corrected chi connectivity index (χ0v) is 36.0. The molecule has 2 N–H and O–H groups in total. The first-order chi connectivity index (χ1) is 29.8. The predicted octanol–water partition coefficient (Wildman–Crippen LogP) is 9.63. The van der Waals surface area contributed by atoms with Crippen molar-refractivity contribution in [1.29, 1.82) is 0 Å². The number of azo groups is 1. The van der Waals surface area contributed by atoms with E-state index in [2.05, 4.69) is 31.6 Å². The van der Waals surface area contributed by atoms with Crippen LogP contribution in [0.4, 0.5) is 32.8 Å². The molecule has 15 heteroatoms. The lowest BCUT2D eigenvalue weighted by Crippen LogP contribution is -2.53. The minimum atomic E-state index is -1.70. The van der Waals surface area contributed by atoms with E-state index in [0.29, 0.717) is 37.7 Å². The molecule has 4 amide bonds. The number of carbonyl (C=O) groups excluding carboxylic acids is 4. The summed E-state index contributed by atoms with van der Waals surface area (Å²) in [5, 5.41) is 22.0. The van der Waals surface area contributed by atoms with Crippen molar-refractivity contribution in [1.82, 2.24) is 5.01 Å². The SMILES string of the molecule is COc1cc(Br)cc([C@H]2C3=CC[C@@H]4C(=O)N(c5ccc(N=Nc6ccc(N(C)C)cc6)cc5)C(=O)[C@@H]4[C@@H]3C[C@H]3C(=O)N(Nc4ccc(F)cc4)C(=O)[C@@]23c2ccc(Cl)cc2)c1O. The number of hydrogen-bond donors (Lipinski definition) is 2. The molecular formula is C47H39BrClFN6O6. The predicted molar refractivity (Wildman–Crippen MR) is 235 cm³/mol. The highest BCUT2D eigenvalue weighted by atomic mass is 79.9. The number of methoxy groups -OCH3 is 1. The maximum atomic E-state index is 15.4. The van der Waals surface area contributed by atoms with Crippen molar-refractivity contribution in [2.45, 2.75) is 24.2 Å². The van der Waals surface area contributed by atoms with E-state index in [0.717, 1.165) is 10.7 Å². The van der Waals surface area contributed by atoms with Crippen molar-refractivity contribution < 1.29 is 33.4 Å². The number of phenols is 1. The van der Waals surface area contributed by atoms with Crippen molar-refractivity contribution in [3.8, 4) is 11.5 Å². The fourth-order valence-corrected chi connectivity index (χ4v) is 10.4. The number of amides is 4. The van der Waals surface area contributed by atoms with Crippen molar-refractivity contribution >= 4 is 79.6 Å². The van der Waals surface area contributed by atoms with Gasteiger partial charge in [0, 0.05) is 40.8 Å². The number of imide groups is 2. The maximum Gasteiger partial charge on any atom is 0.260 e. The van der Waals surface area contributed by atoms with Crippen molar-refractivity contribution in [2.75, 3.05) is 36.4 Å². The molecule has 0 spiro atoms. The van der Waals surface area contributed by atoms with Gasteiger partial charge >= 0.3 is 0 Å². The molecule has 4 aliphatic rings. The Bertz CT molecular complexity index is 2700. The maximum absolute atomic E-state index is 15.4. The highest BCUT2D eigenvalue weighted by Gasteiger charge is 2.70. The Morgan fingerprint density at radius 3 is 2.13 bits per heavy atom. The second kappa shape index (κ2) is 15.8. The summed E-state index contributed by atoms with van der Waals surface area (Å²) in [7, 11) is 5.31. The van der Waals surface area contributed by atoms with Gasteiger partial charge in [0.05, 0.1) is 53.0 Å². The van der Waals surface area contributed by atoms with E-state index in [1.807, 2.05) is 49.3 Å². The Balaban J connectivity index is 1.13. The molecule has 2 saturated heterocycles. The number of ether oxygens (including phenoxy) is 1. The largest absolute Gasteiger partial charge is 0.504 e. The van der Waals surface area contributed by atoms with E-state index in [1.165, 1.54) is 36.3 Å². The van der Waals surface area contributed by atoms with Gasteiger partial charge in [0.2, 0.25) is 11.8 Å². The van der Waals surface area contributed by atoms with Crippen LogP contribution in [0.25, 0.3) is 0 Å². The minimum Gasteiger partial charge on any atom is -0.504 e. The quantitative estimate of drug-likeness (QED) is 0.0846.